The zero-order valence-electron chi connectivity index (χ0n) is 16.6. The summed E-state index contributed by atoms with van der Waals surface area (Å²) < 4.78 is 27.6. The van der Waals surface area contributed by atoms with E-state index in [1.807, 2.05) is 18.2 Å². The number of carbonyl (C=O) groups excluding carboxylic acids is 1. The molecule has 0 aliphatic rings. The van der Waals surface area contributed by atoms with E-state index in [9.17, 15) is 13.2 Å². The molecular formula is C23H23ClN2O3S. The Morgan fingerprint density at radius 1 is 0.967 bits per heavy atom. The van der Waals surface area contributed by atoms with Gasteiger partial charge in [0.25, 0.3) is 15.9 Å². The van der Waals surface area contributed by atoms with Crippen LogP contribution < -0.4 is 10.0 Å². The highest BCUT2D eigenvalue weighted by Crippen LogP contribution is 2.22. The van der Waals surface area contributed by atoms with E-state index in [0.717, 1.165) is 12.8 Å². The summed E-state index contributed by atoms with van der Waals surface area (Å²) in [5, 5.41) is 3.37. The lowest BCUT2D eigenvalue weighted by Crippen LogP contribution is -2.25. The maximum atomic E-state index is 12.5. The Kier molecular flexibility index (Phi) is 7.13. The summed E-state index contributed by atoms with van der Waals surface area (Å²) in [5.74, 6) is -0.182. The van der Waals surface area contributed by atoms with E-state index in [0.29, 0.717) is 28.4 Å². The number of amides is 1. The van der Waals surface area contributed by atoms with Crippen molar-refractivity contribution in [2.45, 2.75) is 24.7 Å². The molecule has 156 valence electrons. The minimum absolute atomic E-state index is 0.117. The van der Waals surface area contributed by atoms with Crippen LogP contribution in [0.3, 0.4) is 0 Å². The quantitative estimate of drug-likeness (QED) is 0.491. The predicted octanol–water partition coefficient (Wildman–Crippen LogP) is 4.81. The third-order valence-corrected chi connectivity index (χ3v) is 6.26. The lowest BCUT2D eigenvalue weighted by atomic mass is 10.1. The molecule has 0 fully saturated rings. The summed E-state index contributed by atoms with van der Waals surface area (Å²) in [7, 11) is -3.74. The van der Waals surface area contributed by atoms with E-state index in [1.165, 1.54) is 29.8 Å². The Morgan fingerprint density at radius 3 is 2.33 bits per heavy atom. The number of hydrogen-bond donors (Lipinski definition) is 2. The van der Waals surface area contributed by atoms with Crippen LogP contribution in [0, 0.1) is 6.92 Å². The second-order valence-corrected chi connectivity index (χ2v) is 9.05. The molecule has 30 heavy (non-hydrogen) atoms. The van der Waals surface area contributed by atoms with Crippen molar-refractivity contribution in [3.8, 4) is 0 Å². The Balaban J connectivity index is 1.59. The summed E-state index contributed by atoms with van der Waals surface area (Å²) in [6.45, 7) is 2.32. The van der Waals surface area contributed by atoms with Gasteiger partial charge in [-0.2, -0.15) is 0 Å². The largest absolute Gasteiger partial charge is 0.352 e. The number of carbonyl (C=O) groups is 1. The lowest BCUT2D eigenvalue weighted by molar-refractivity contribution is 0.0953. The van der Waals surface area contributed by atoms with Crippen molar-refractivity contribution in [2.75, 3.05) is 11.3 Å². The van der Waals surface area contributed by atoms with E-state index < -0.39 is 10.0 Å². The van der Waals surface area contributed by atoms with Gasteiger partial charge in [-0.05, 0) is 73.4 Å². The fourth-order valence-electron chi connectivity index (χ4n) is 2.98. The smallest absolute Gasteiger partial charge is 0.261 e. The number of aryl methyl sites for hydroxylation is 2. The van der Waals surface area contributed by atoms with E-state index in [-0.39, 0.29) is 10.8 Å². The standard InChI is InChI=1S/C23H23ClN2O3S/c1-17-16-19(23(27)25-15-5-8-18-6-3-2-4-7-18)9-14-22(17)26-30(28,29)21-12-10-20(24)11-13-21/h2-4,6-7,9-14,16,26H,5,8,15H2,1H3,(H,25,27). The molecule has 0 bridgehead atoms. The van der Waals surface area contributed by atoms with Gasteiger partial charge in [0.1, 0.15) is 0 Å². The summed E-state index contributed by atoms with van der Waals surface area (Å²) in [6.07, 6.45) is 1.74. The van der Waals surface area contributed by atoms with Crippen LogP contribution in [0.15, 0.2) is 77.7 Å². The van der Waals surface area contributed by atoms with Crippen molar-refractivity contribution < 1.29 is 13.2 Å². The summed E-state index contributed by atoms with van der Waals surface area (Å²) in [6, 6.07) is 20.9. The van der Waals surface area contributed by atoms with Gasteiger partial charge in [-0.3, -0.25) is 9.52 Å². The molecule has 0 saturated heterocycles. The van der Waals surface area contributed by atoms with Crippen molar-refractivity contribution in [2.24, 2.45) is 0 Å². The van der Waals surface area contributed by atoms with Gasteiger partial charge in [-0.25, -0.2) is 8.42 Å². The van der Waals surface area contributed by atoms with Gasteiger partial charge in [-0.15, -0.1) is 0 Å². The van der Waals surface area contributed by atoms with E-state index in [4.69, 9.17) is 11.6 Å². The zero-order chi connectivity index (χ0) is 21.6. The predicted molar refractivity (Wildman–Crippen MR) is 121 cm³/mol. The van der Waals surface area contributed by atoms with Crippen molar-refractivity contribution in [3.63, 3.8) is 0 Å². The minimum Gasteiger partial charge on any atom is -0.352 e. The van der Waals surface area contributed by atoms with Crippen LogP contribution in [0.5, 0.6) is 0 Å². The molecule has 2 N–H and O–H groups in total. The van der Waals surface area contributed by atoms with E-state index >= 15 is 0 Å². The Bertz CT molecular complexity index is 1110. The van der Waals surface area contributed by atoms with Crippen molar-refractivity contribution >= 4 is 33.2 Å². The SMILES string of the molecule is Cc1cc(C(=O)NCCCc2ccccc2)ccc1NS(=O)(=O)c1ccc(Cl)cc1. The molecule has 0 aromatic heterocycles. The van der Waals surface area contributed by atoms with E-state index in [1.54, 1.807) is 25.1 Å². The first-order valence-electron chi connectivity index (χ1n) is 9.56. The number of hydrogen-bond acceptors (Lipinski definition) is 3. The molecule has 0 saturated carbocycles. The number of nitrogens with one attached hydrogen (secondary N) is 2. The minimum atomic E-state index is -3.74. The topological polar surface area (TPSA) is 75.3 Å². The highest BCUT2D eigenvalue weighted by molar-refractivity contribution is 7.92. The molecule has 0 radical (unpaired) electrons. The molecule has 3 aromatic rings. The highest BCUT2D eigenvalue weighted by atomic mass is 35.5. The molecule has 3 aromatic carbocycles. The summed E-state index contributed by atoms with van der Waals surface area (Å²) in [5.41, 5.74) is 2.80. The van der Waals surface area contributed by atoms with Crippen LogP contribution in [0.25, 0.3) is 0 Å². The molecule has 0 atom stereocenters. The van der Waals surface area contributed by atoms with Gasteiger partial charge in [0.05, 0.1) is 10.6 Å². The number of rotatable bonds is 8. The molecule has 0 spiro atoms. The highest BCUT2D eigenvalue weighted by Gasteiger charge is 2.16. The second-order valence-electron chi connectivity index (χ2n) is 6.93. The Hall–Kier alpha value is -2.83. The lowest BCUT2D eigenvalue weighted by Gasteiger charge is -2.12. The summed E-state index contributed by atoms with van der Waals surface area (Å²) >= 11 is 5.82. The van der Waals surface area contributed by atoms with Crippen LogP contribution in [-0.4, -0.2) is 20.9 Å². The van der Waals surface area contributed by atoms with Crippen LogP contribution in [0.2, 0.25) is 5.02 Å². The molecule has 0 unspecified atom stereocenters. The molecule has 1 amide bonds. The number of benzene rings is 3. The van der Waals surface area contributed by atoms with Gasteiger partial charge in [0, 0.05) is 17.1 Å². The fraction of sp³-hybridized carbons (Fsp3) is 0.174. The van der Waals surface area contributed by atoms with Crippen molar-refractivity contribution in [1.82, 2.24) is 5.32 Å². The zero-order valence-corrected chi connectivity index (χ0v) is 18.1. The van der Waals surface area contributed by atoms with Crippen molar-refractivity contribution in [3.05, 3.63) is 94.5 Å². The van der Waals surface area contributed by atoms with Crippen LogP contribution in [0.4, 0.5) is 5.69 Å². The van der Waals surface area contributed by atoms with Gasteiger partial charge in [0.15, 0.2) is 0 Å². The first-order valence-corrected chi connectivity index (χ1v) is 11.4. The maximum absolute atomic E-state index is 12.5. The average Bonchev–Trinajstić information content (AvgIpc) is 2.73. The van der Waals surface area contributed by atoms with Crippen molar-refractivity contribution in [1.29, 1.82) is 0 Å². The molecule has 0 aliphatic heterocycles. The first-order chi connectivity index (χ1) is 14.3. The van der Waals surface area contributed by atoms with Gasteiger partial charge < -0.3 is 5.32 Å². The normalized spacial score (nSPS) is 11.1. The third-order valence-electron chi connectivity index (χ3n) is 4.63. The number of halogens is 1. The van der Waals surface area contributed by atoms with Gasteiger partial charge >= 0.3 is 0 Å². The molecular weight excluding hydrogens is 420 g/mol. The molecule has 0 aliphatic carbocycles. The maximum Gasteiger partial charge on any atom is 0.261 e. The third kappa shape index (κ3) is 5.84. The molecule has 5 nitrogen and oxygen atoms in total. The first kappa shape index (κ1) is 21.9. The van der Waals surface area contributed by atoms with Gasteiger partial charge in [-0.1, -0.05) is 41.9 Å². The Labute approximate surface area is 182 Å². The molecule has 7 heteroatoms. The number of sulfonamides is 1. The van der Waals surface area contributed by atoms with Crippen LogP contribution >= 0.6 is 11.6 Å². The van der Waals surface area contributed by atoms with E-state index in [2.05, 4.69) is 22.2 Å². The Morgan fingerprint density at radius 2 is 1.67 bits per heavy atom. The van der Waals surface area contributed by atoms with Crippen LogP contribution in [-0.2, 0) is 16.4 Å². The average molecular weight is 443 g/mol. The number of anilines is 1. The monoisotopic (exact) mass is 442 g/mol. The summed E-state index contributed by atoms with van der Waals surface area (Å²) in [4.78, 5) is 12.5. The molecule has 3 rings (SSSR count). The second kappa shape index (κ2) is 9.78. The van der Waals surface area contributed by atoms with Crippen LogP contribution in [0.1, 0.15) is 27.9 Å². The fourth-order valence-corrected chi connectivity index (χ4v) is 4.23. The molecule has 0 heterocycles. The van der Waals surface area contributed by atoms with Gasteiger partial charge in [0.2, 0.25) is 0 Å².